The molecule has 0 heterocycles. The minimum Gasteiger partial charge on any atom is -0.477 e. The molecule has 9 heteroatoms. The Balaban J connectivity index is 4.60. The van der Waals surface area contributed by atoms with Gasteiger partial charge in [0.05, 0.1) is 34.4 Å². The summed E-state index contributed by atoms with van der Waals surface area (Å²) < 4.78 is 22.3. The number of carbonyl (C=O) groups excluding carboxylic acids is 2. The van der Waals surface area contributed by atoms with Crippen molar-refractivity contribution < 1.29 is 42.9 Å². The molecule has 0 rings (SSSR count). The van der Waals surface area contributed by atoms with Crippen LogP contribution in [0.5, 0.6) is 0 Å². The number of carboxylic acids is 1. The molecule has 0 amide bonds. The minimum atomic E-state index is -1.53. The number of hydrogen-bond donors (Lipinski definition) is 1. The largest absolute Gasteiger partial charge is 0.477 e. The van der Waals surface area contributed by atoms with Crippen molar-refractivity contribution in [2.75, 3.05) is 47.5 Å². The van der Waals surface area contributed by atoms with Crippen molar-refractivity contribution in [3.05, 3.63) is 72.9 Å². The van der Waals surface area contributed by atoms with Crippen molar-refractivity contribution in [3.8, 4) is 0 Å². The zero-order valence-corrected chi connectivity index (χ0v) is 31.1. The molecule has 0 aliphatic heterocycles. The lowest BCUT2D eigenvalue weighted by Gasteiger charge is -2.25. The van der Waals surface area contributed by atoms with Crippen LogP contribution >= 0.6 is 0 Å². The van der Waals surface area contributed by atoms with Gasteiger partial charge in [0.2, 0.25) is 0 Å². The molecular formula is C40H66NO8+. The number of carboxylic acid groups (broad SMARTS) is 1. The van der Waals surface area contributed by atoms with E-state index in [9.17, 15) is 19.5 Å². The van der Waals surface area contributed by atoms with Crippen molar-refractivity contribution in [1.82, 2.24) is 0 Å². The summed E-state index contributed by atoms with van der Waals surface area (Å²) in [6.45, 7) is 4.52. The first kappa shape index (κ1) is 45.7. The Morgan fingerprint density at radius 3 is 1.67 bits per heavy atom. The van der Waals surface area contributed by atoms with Crippen molar-refractivity contribution in [2.24, 2.45) is 0 Å². The summed E-state index contributed by atoms with van der Waals surface area (Å²) in [5.74, 6) is -2.15. The summed E-state index contributed by atoms with van der Waals surface area (Å²) in [5.41, 5.74) is 0. The van der Waals surface area contributed by atoms with Gasteiger partial charge in [-0.1, -0.05) is 112 Å². The third kappa shape index (κ3) is 33.0. The first-order valence-electron chi connectivity index (χ1n) is 18.1. The molecular weight excluding hydrogens is 622 g/mol. The Morgan fingerprint density at radius 1 is 0.633 bits per heavy atom. The zero-order chi connectivity index (χ0) is 36.4. The van der Waals surface area contributed by atoms with Gasteiger partial charge in [0.15, 0.2) is 6.10 Å². The van der Waals surface area contributed by atoms with Crippen LogP contribution in [0.15, 0.2) is 72.9 Å². The zero-order valence-electron chi connectivity index (χ0n) is 31.1. The predicted molar refractivity (Wildman–Crippen MR) is 198 cm³/mol. The molecule has 9 nitrogen and oxygen atoms in total. The van der Waals surface area contributed by atoms with Gasteiger partial charge in [-0.05, 0) is 51.4 Å². The molecule has 0 aromatic carbocycles. The monoisotopic (exact) mass is 688 g/mol. The molecule has 278 valence electrons. The molecule has 0 aromatic rings. The quantitative estimate of drug-likeness (QED) is 0.0254. The molecule has 0 bridgehead atoms. The normalized spacial score (nSPS) is 13.9. The van der Waals surface area contributed by atoms with E-state index < -0.39 is 24.3 Å². The van der Waals surface area contributed by atoms with Gasteiger partial charge < -0.3 is 28.5 Å². The summed E-state index contributed by atoms with van der Waals surface area (Å²) in [6.07, 6.45) is 34.5. The van der Waals surface area contributed by atoms with Gasteiger partial charge in [0.1, 0.15) is 13.2 Å². The highest BCUT2D eigenvalue weighted by molar-refractivity contribution is 5.71. The number of carbonyl (C=O) groups is 3. The fraction of sp³-hybridized carbons (Fsp3) is 0.625. The van der Waals surface area contributed by atoms with E-state index in [1.807, 2.05) is 33.3 Å². The van der Waals surface area contributed by atoms with E-state index >= 15 is 0 Å². The van der Waals surface area contributed by atoms with Crippen molar-refractivity contribution in [1.29, 1.82) is 0 Å². The lowest BCUT2D eigenvalue weighted by atomic mass is 10.1. The number of unbranched alkanes of at least 4 members (excludes halogenated alkanes) is 4. The summed E-state index contributed by atoms with van der Waals surface area (Å²) in [4.78, 5) is 36.5. The van der Waals surface area contributed by atoms with Gasteiger partial charge in [-0.25, -0.2) is 4.79 Å². The van der Waals surface area contributed by atoms with Crippen LogP contribution in [-0.2, 0) is 33.3 Å². The maximum atomic E-state index is 12.6. The van der Waals surface area contributed by atoms with Crippen LogP contribution in [0.25, 0.3) is 0 Å². The Hall–Kier alpha value is -3.27. The van der Waals surface area contributed by atoms with Crippen LogP contribution in [0.1, 0.15) is 104 Å². The number of quaternary nitrogens is 1. The maximum Gasteiger partial charge on any atom is 0.361 e. The van der Waals surface area contributed by atoms with E-state index in [4.69, 9.17) is 18.9 Å². The number of ether oxygens (including phenoxy) is 4. The summed E-state index contributed by atoms with van der Waals surface area (Å²) in [7, 11) is 5.90. The summed E-state index contributed by atoms with van der Waals surface area (Å²) >= 11 is 0. The Morgan fingerprint density at radius 2 is 1.16 bits per heavy atom. The van der Waals surface area contributed by atoms with Crippen molar-refractivity contribution in [3.63, 3.8) is 0 Å². The van der Waals surface area contributed by atoms with E-state index in [0.717, 1.165) is 70.6 Å². The second-order valence-corrected chi connectivity index (χ2v) is 12.8. The second kappa shape index (κ2) is 32.0. The Kier molecular flexibility index (Phi) is 29.8. The van der Waals surface area contributed by atoms with Crippen LogP contribution in [0.3, 0.4) is 0 Å². The highest BCUT2D eigenvalue weighted by atomic mass is 16.7. The van der Waals surface area contributed by atoms with Gasteiger partial charge in [0.25, 0.3) is 6.29 Å². The highest BCUT2D eigenvalue weighted by Crippen LogP contribution is 2.09. The van der Waals surface area contributed by atoms with Crippen LogP contribution in [0.2, 0.25) is 0 Å². The summed E-state index contributed by atoms with van der Waals surface area (Å²) in [6, 6.07) is 0. The Bertz CT molecular complexity index is 1040. The van der Waals surface area contributed by atoms with Crippen LogP contribution < -0.4 is 0 Å². The number of rotatable bonds is 31. The highest BCUT2D eigenvalue weighted by Gasteiger charge is 2.25. The second-order valence-electron chi connectivity index (χ2n) is 12.8. The van der Waals surface area contributed by atoms with Gasteiger partial charge in [0, 0.05) is 12.8 Å². The SMILES string of the molecule is CC/C=C\C/C=C\C/C=C\C/C=C\C/C=C\C/C=C\CCC(=O)OC(COC(=O)CCCCCCC)COC(OCC[N+](C)(C)C)C(=O)O. The van der Waals surface area contributed by atoms with Crippen molar-refractivity contribution in [2.45, 2.75) is 116 Å². The molecule has 0 spiro atoms. The van der Waals surface area contributed by atoms with Gasteiger partial charge in [-0.15, -0.1) is 0 Å². The smallest absolute Gasteiger partial charge is 0.361 e. The first-order chi connectivity index (χ1) is 23.6. The number of likely N-dealkylation sites (N-methyl/N-ethyl adjacent to an activating group) is 1. The average Bonchev–Trinajstić information content (AvgIpc) is 3.05. The van der Waals surface area contributed by atoms with Crippen LogP contribution in [0, 0.1) is 0 Å². The third-order valence-electron chi connectivity index (χ3n) is 6.99. The molecule has 2 atom stereocenters. The summed E-state index contributed by atoms with van der Waals surface area (Å²) in [5, 5.41) is 9.53. The van der Waals surface area contributed by atoms with E-state index in [1.54, 1.807) is 0 Å². The topological polar surface area (TPSA) is 108 Å². The molecule has 0 saturated carbocycles. The molecule has 1 N–H and O–H groups in total. The lowest BCUT2D eigenvalue weighted by molar-refractivity contribution is -0.870. The lowest BCUT2D eigenvalue weighted by Crippen LogP contribution is -2.40. The number of esters is 2. The number of allylic oxidation sites excluding steroid dienone is 12. The number of nitrogens with zero attached hydrogens (tertiary/aromatic N) is 1. The molecule has 49 heavy (non-hydrogen) atoms. The molecule has 0 aliphatic carbocycles. The van der Waals surface area contributed by atoms with E-state index in [-0.39, 0.29) is 38.6 Å². The first-order valence-corrected chi connectivity index (χ1v) is 18.1. The van der Waals surface area contributed by atoms with Crippen molar-refractivity contribution >= 4 is 17.9 Å². The van der Waals surface area contributed by atoms with Gasteiger partial charge in [-0.3, -0.25) is 9.59 Å². The van der Waals surface area contributed by atoms with Crippen LogP contribution in [0.4, 0.5) is 0 Å². The van der Waals surface area contributed by atoms with E-state index in [2.05, 4.69) is 74.6 Å². The van der Waals surface area contributed by atoms with Gasteiger partial charge >= 0.3 is 17.9 Å². The molecule has 0 saturated heterocycles. The third-order valence-corrected chi connectivity index (χ3v) is 6.99. The molecule has 2 unspecified atom stereocenters. The number of aliphatic carboxylic acids is 1. The fourth-order valence-corrected chi connectivity index (χ4v) is 4.15. The van der Waals surface area contributed by atoms with Crippen LogP contribution in [-0.4, -0.2) is 87.4 Å². The fourth-order valence-electron chi connectivity index (χ4n) is 4.15. The molecule has 0 aliphatic rings. The number of hydrogen-bond acceptors (Lipinski definition) is 7. The molecule has 0 fully saturated rings. The average molecular weight is 689 g/mol. The van der Waals surface area contributed by atoms with Gasteiger partial charge in [-0.2, -0.15) is 0 Å². The molecule has 0 aromatic heterocycles. The van der Waals surface area contributed by atoms with E-state index in [0.29, 0.717) is 17.4 Å². The molecule has 0 radical (unpaired) electrons. The standard InChI is InChI=1S/C40H65NO8/c1-6-8-10-12-13-14-15-16-17-18-19-20-21-22-23-24-25-27-29-31-38(43)49-36(34-47-37(42)30-28-26-11-9-7-2)35-48-40(39(44)45)46-33-32-41(3,4)5/h8,10,13-14,16-17,19-20,22-23,25,27,36,40H,6-7,9,11-12,15,18,21,24,26,28-35H2,1-5H3/p+1/b10-8-,14-13-,17-16-,20-19-,23-22-,27-25-. The van der Waals surface area contributed by atoms with E-state index in [1.165, 1.54) is 0 Å². The maximum absolute atomic E-state index is 12.6. The minimum absolute atomic E-state index is 0.131. The Labute approximate surface area is 297 Å². The predicted octanol–water partition coefficient (Wildman–Crippen LogP) is 8.43.